The summed E-state index contributed by atoms with van der Waals surface area (Å²) in [4.78, 5) is 4.18. The molecule has 22 heavy (non-hydrogen) atoms. The maximum absolute atomic E-state index is 10.6. The van der Waals surface area contributed by atoms with E-state index in [1.54, 1.807) is 12.4 Å². The van der Waals surface area contributed by atoms with Crippen molar-refractivity contribution < 1.29 is 10.2 Å². The second-order valence-corrected chi connectivity index (χ2v) is 5.60. The van der Waals surface area contributed by atoms with Crippen molar-refractivity contribution in [1.82, 2.24) is 4.98 Å². The monoisotopic (exact) mass is 297 g/mol. The summed E-state index contributed by atoms with van der Waals surface area (Å²) < 4.78 is 0. The Kier molecular flexibility index (Phi) is 4.86. The molecule has 0 unspecified atom stereocenters. The molecule has 0 radical (unpaired) electrons. The van der Waals surface area contributed by atoms with E-state index in [9.17, 15) is 10.2 Å². The number of aromatic hydroxyl groups is 2. The van der Waals surface area contributed by atoms with Gasteiger partial charge in [0.15, 0.2) is 0 Å². The van der Waals surface area contributed by atoms with Crippen molar-refractivity contribution >= 4 is 5.57 Å². The van der Waals surface area contributed by atoms with E-state index >= 15 is 0 Å². The lowest BCUT2D eigenvalue weighted by molar-refractivity contribution is 0.448. The van der Waals surface area contributed by atoms with Gasteiger partial charge in [-0.05, 0) is 50.0 Å². The van der Waals surface area contributed by atoms with Crippen LogP contribution in [0.1, 0.15) is 47.6 Å². The first-order valence-electron chi connectivity index (χ1n) is 7.61. The normalized spacial score (nSPS) is 11.7. The lowest BCUT2D eigenvalue weighted by atomic mass is 9.89. The summed E-state index contributed by atoms with van der Waals surface area (Å²) in [6.07, 6.45) is 7.53. The van der Waals surface area contributed by atoms with E-state index in [-0.39, 0.29) is 11.5 Å². The van der Waals surface area contributed by atoms with E-state index in [2.05, 4.69) is 18.0 Å². The molecule has 0 amide bonds. The van der Waals surface area contributed by atoms with Gasteiger partial charge in [0.2, 0.25) is 0 Å². The summed E-state index contributed by atoms with van der Waals surface area (Å²) in [5.41, 5.74) is 4.69. The van der Waals surface area contributed by atoms with E-state index < -0.39 is 0 Å². The van der Waals surface area contributed by atoms with Crippen molar-refractivity contribution in [3.05, 3.63) is 58.4 Å². The molecule has 116 valence electrons. The van der Waals surface area contributed by atoms with E-state index in [0.29, 0.717) is 16.7 Å². The highest BCUT2D eigenvalue weighted by atomic mass is 16.3. The second kappa shape index (κ2) is 6.65. The Bertz CT molecular complexity index is 674. The zero-order valence-corrected chi connectivity index (χ0v) is 13.6. The molecule has 2 aromatic rings. The molecule has 3 nitrogen and oxygen atoms in total. The van der Waals surface area contributed by atoms with Crippen LogP contribution in [0.15, 0.2) is 30.6 Å². The van der Waals surface area contributed by atoms with Crippen LogP contribution in [0.2, 0.25) is 0 Å². The molecule has 2 rings (SSSR count). The Morgan fingerprint density at radius 1 is 1.09 bits per heavy atom. The summed E-state index contributed by atoms with van der Waals surface area (Å²) in [6, 6.07) is 3.85. The Balaban J connectivity index is 2.74. The smallest absolute Gasteiger partial charge is 0.127 e. The molecule has 0 bridgehead atoms. The quantitative estimate of drug-likeness (QED) is 0.808. The Hall–Kier alpha value is -2.29. The molecule has 0 aliphatic carbocycles. The molecule has 2 N–H and O–H groups in total. The minimum absolute atomic E-state index is 0.235. The van der Waals surface area contributed by atoms with Gasteiger partial charge in [0.1, 0.15) is 11.5 Å². The van der Waals surface area contributed by atoms with E-state index in [1.165, 1.54) is 0 Å². The molecule has 1 aromatic heterocycles. The number of phenolic OH excluding ortho intramolecular Hbond substituents is 2. The van der Waals surface area contributed by atoms with Crippen molar-refractivity contribution in [2.75, 3.05) is 0 Å². The van der Waals surface area contributed by atoms with Crippen LogP contribution in [0.5, 0.6) is 11.5 Å². The van der Waals surface area contributed by atoms with Crippen molar-refractivity contribution in [2.45, 2.75) is 40.5 Å². The van der Waals surface area contributed by atoms with Crippen molar-refractivity contribution in [2.24, 2.45) is 0 Å². The van der Waals surface area contributed by atoms with Gasteiger partial charge in [0.25, 0.3) is 0 Å². The fourth-order valence-corrected chi connectivity index (χ4v) is 2.62. The zero-order chi connectivity index (χ0) is 16.3. The van der Waals surface area contributed by atoms with E-state index in [4.69, 9.17) is 0 Å². The fourth-order valence-electron chi connectivity index (χ4n) is 2.62. The van der Waals surface area contributed by atoms with Gasteiger partial charge in [-0.3, -0.25) is 4.98 Å². The SMILES string of the molecule is CCC/C=C(\c1cccnc1)c1c(C)c(O)c(C)c(C)c1O. The van der Waals surface area contributed by atoms with Crippen LogP contribution in [0.25, 0.3) is 5.57 Å². The molecule has 0 atom stereocenters. The molecular weight excluding hydrogens is 274 g/mol. The third kappa shape index (κ3) is 2.84. The summed E-state index contributed by atoms with van der Waals surface area (Å²) >= 11 is 0. The van der Waals surface area contributed by atoms with Gasteiger partial charge in [0.05, 0.1) is 0 Å². The maximum atomic E-state index is 10.6. The number of aromatic nitrogens is 1. The van der Waals surface area contributed by atoms with Crippen molar-refractivity contribution in [3.63, 3.8) is 0 Å². The molecule has 0 spiro atoms. The third-order valence-electron chi connectivity index (χ3n) is 4.12. The average molecular weight is 297 g/mol. The fraction of sp³-hybridized carbons (Fsp3) is 0.316. The van der Waals surface area contributed by atoms with Gasteiger partial charge in [-0.25, -0.2) is 0 Å². The third-order valence-corrected chi connectivity index (χ3v) is 4.12. The predicted molar refractivity (Wildman–Crippen MR) is 90.2 cm³/mol. The van der Waals surface area contributed by atoms with Crippen LogP contribution < -0.4 is 0 Å². The van der Waals surface area contributed by atoms with Crippen LogP contribution in [0, 0.1) is 20.8 Å². The summed E-state index contributed by atoms with van der Waals surface area (Å²) in [5, 5.41) is 21.0. The molecule has 3 heteroatoms. The molecule has 1 aromatic carbocycles. The van der Waals surface area contributed by atoms with Crippen LogP contribution >= 0.6 is 0 Å². The standard InChI is InChI=1S/C19H23NO2/c1-5-6-9-16(15-8-7-10-20-11-15)17-14(4)18(21)12(2)13(3)19(17)22/h7-11,21-22H,5-6H2,1-4H3/b16-9+. The van der Waals surface area contributed by atoms with Gasteiger partial charge in [-0.15, -0.1) is 0 Å². The molecule has 1 heterocycles. The number of unbranched alkanes of at least 4 members (excludes halogenated alkanes) is 1. The number of benzene rings is 1. The van der Waals surface area contributed by atoms with Gasteiger partial charge in [0, 0.05) is 29.1 Å². The summed E-state index contributed by atoms with van der Waals surface area (Å²) in [5.74, 6) is 0.482. The number of allylic oxidation sites excluding steroid dienone is 1. The predicted octanol–water partition coefficient (Wildman–Crippen LogP) is 4.65. The van der Waals surface area contributed by atoms with Crippen LogP contribution in [-0.2, 0) is 0 Å². The van der Waals surface area contributed by atoms with Crippen LogP contribution in [-0.4, -0.2) is 15.2 Å². The Morgan fingerprint density at radius 3 is 2.36 bits per heavy atom. The van der Waals surface area contributed by atoms with Gasteiger partial charge in [-0.1, -0.05) is 25.5 Å². The highest BCUT2D eigenvalue weighted by Crippen LogP contribution is 2.42. The molecular formula is C19H23NO2. The molecule has 0 saturated heterocycles. The number of hydrogen-bond donors (Lipinski definition) is 2. The molecule has 0 fully saturated rings. The number of phenols is 2. The topological polar surface area (TPSA) is 53.4 Å². The number of pyridine rings is 1. The van der Waals surface area contributed by atoms with Crippen LogP contribution in [0.3, 0.4) is 0 Å². The highest BCUT2D eigenvalue weighted by molar-refractivity contribution is 5.86. The first kappa shape index (κ1) is 16.1. The average Bonchev–Trinajstić information content (AvgIpc) is 2.55. The Labute approximate surface area is 132 Å². The first-order valence-corrected chi connectivity index (χ1v) is 7.61. The molecule has 0 saturated carbocycles. The van der Waals surface area contributed by atoms with E-state index in [1.807, 2.05) is 32.9 Å². The van der Waals surface area contributed by atoms with Gasteiger partial charge in [-0.2, -0.15) is 0 Å². The van der Waals surface area contributed by atoms with Crippen molar-refractivity contribution in [3.8, 4) is 11.5 Å². The van der Waals surface area contributed by atoms with Gasteiger partial charge >= 0.3 is 0 Å². The zero-order valence-electron chi connectivity index (χ0n) is 13.6. The first-order chi connectivity index (χ1) is 10.5. The van der Waals surface area contributed by atoms with Gasteiger partial charge < -0.3 is 10.2 Å². The number of rotatable bonds is 4. The van der Waals surface area contributed by atoms with Crippen molar-refractivity contribution in [1.29, 1.82) is 0 Å². The van der Waals surface area contributed by atoms with E-state index in [0.717, 1.165) is 29.5 Å². The highest BCUT2D eigenvalue weighted by Gasteiger charge is 2.20. The maximum Gasteiger partial charge on any atom is 0.127 e. The minimum atomic E-state index is 0.235. The van der Waals surface area contributed by atoms with Crippen LogP contribution in [0.4, 0.5) is 0 Å². The molecule has 0 aliphatic rings. The summed E-state index contributed by atoms with van der Waals surface area (Å²) in [7, 11) is 0. The number of nitrogens with zero attached hydrogens (tertiary/aromatic N) is 1. The molecule has 0 aliphatic heterocycles. The second-order valence-electron chi connectivity index (χ2n) is 5.60. The lowest BCUT2D eigenvalue weighted by Gasteiger charge is -2.18. The number of hydrogen-bond acceptors (Lipinski definition) is 3. The minimum Gasteiger partial charge on any atom is -0.507 e. The largest absolute Gasteiger partial charge is 0.507 e. The summed E-state index contributed by atoms with van der Waals surface area (Å²) in [6.45, 7) is 7.60. The Morgan fingerprint density at radius 2 is 1.77 bits per heavy atom. The lowest BCUT2D eigenvalue weighted by Crippen LogP contribution is -1.98.